The Morgan fingerprint density at radius 3 is 2.71 bits per heavy atom. The molecule has 3 N–H and O–H groups in total. The number of fused-ring (bicyclic) bond motifs is 1. The second kappa shape index (κ2) is 11.9. The number of nitrogen functional groups attached to an aromatic ring is 1. The highest BCUT2D eigenvalue weighted by Crippen LogP contribution is 2.32. The molecule has 2 aromatic rings. The van der Waals surface area contributed by atoms with Gasteiger partial charge in [0, 0.05) is 23.0 Å². The summed E-state index contributed by atoms with van der Waals surface area (Å²) in [6.07, 6.45) is 13.5. The van der Waals surface area contributed by atoms with Crippen molar-refractivity contribution in [1.82, 2.24) is 15.2 Å². The molecule has 4 rings (SSSR count). The van der Waals surface area contributed by atoms with E-state index in [2.05, 4.69) is 22.1 Å². The number of hydrogen-bond donors (Lipinski definition) is 2. The quantitative estimate of drug-likeness (QED) is 0.479. The van der Waals surface area contributed by atoms with Gasteiger partial charge in [0.05, 0.1) is 5.69 Å². The van der Waals surface area contributed by atoms with Gasteiger partial charge in [-0.2, -0.15) is 0 Å². The second-order valence-electron chi connectivity index (χ2n) is 9.75. The Labute approximate surface area is 206 Å². The third-order valence-corrected chi connectivity index (χ3v) is 8.22. The molecule has 1 amide bonds. The SMILES string of the molecule is CCCN(CCC1CCC(NC(=O)/C=C/c2ccc(F)cc2)CC1)C1CCc2nc(N)sc2C1. The molecule has 0 saturated heterocycles. The molecule has 0 spiro atoms. The van der Waals surface area contributed by atoms with Crippen LogP contribution >= 0.6 is 11.3 Å². The van der Waals surface area contributed by atoms with E-state index in [1.54, 1.807) is 35.6 Å². The number of nitrogens with one attached hydrogen (secondary N) is 1. The number of rotatable bonds is 9. The largest absolute Gasteiger partial charge is 0.375 e. The summed E-state index contributed by atoms with van der Waals surface area (Å²) in [4.78, 5) is 20.9. The molecule has 1 aromatic carbocycles. The number of hydrogen-bond acceptors (Lipinski definition) is 5. The first-order valence-corrected chi connectivity index (χ1v) is 13.5. The number of carbonyl (C=O) groups is 1. The van der Waals surface area contributed by atoms with Gasteiger partial charge in [0.25, 0.3) is 0 Å². The van der Waals surface area contributed by atoms with E-state index in [9.17, 15) is 9.18 Å². The minimum Gasteiger partial charge on any atom is -0.375 e. The number of benzene rings is 1. The number of nitrogens with zero attached hydrogens (tertiary/aromatic N) is 2. The fourth-order valence-electron chi connectivity index (χ4n) is 5.39. The highest BCUT2D eigenvalue weighted by Gasteiger charge is 2.28. The molecule has 0 radical (unpaired) electrons. The molecule has 1 atom stereocenters. The summed E-state index contributed by atoms with van der Waals surface area (Å²) in [5, 5.41) is 3.85. The van der Waals surface area contributed by atoms with Crippen molar-refractivity contribution in [2.24, 2.45) is 5.92 Å². The van der Waals surface area contributed by atoms with Crippen molar-refractivity contribution in [2.45, 2.75) is 76.8 Å². The molecule has 0 aliphatic heterocycles. The smallest absolute Gasteiger partial charge is 0.244 e. The molecule has 1 aromatic heterocycles. The van der Waals surface area contributed by atoms with Gasteiger partial charge in [0.15, 0.2) is 5.13 Å². The fraction of sp³-hybridized carbons (Fsp3) is 0.556. The second-order valence-corrected chi connectivity index (χ2v) is 10.9. The summed E-state index contributed by atoms with van der Waals surface area (Å²) < 4.78 is 13.0. The lowest BCUT2D eigenvalue weighted by molar-refractivity contribution is -0.117. The Bertz CT molecular complexity index is 966. The molecule has 1 unspecified atom stereocenters. The number of aryl methyl sites for hydroxylation is 1. The van der Waals surface area contributed by atoms with Crippen molar-refractivity contribution >= 4 is 28.5 Å². The van der Waals surface area contributed by atoms with Crippen molar-refractivity contribution in [3.05, 3.63) is 52.3 Å². The van der Waals surface area contributed by atoms with E-state index in [1.807, 2.05) is 0 Å². The van der Waals surface area contributed by atoms with Crippen LogP contribution < -0.4 is 11.1 Å². The van der Waals surface area contributed by atoms with E-state index in [4.69, 9.17) is 5.73 Å². The first-order valence-electron chi connectivity index (χ1n) is 12.7. The van der Waals surface area contributed by atoms with Crippen molar-refractivity contribution in [3.8, 4) is 0 Å². The van der Waals surface area contributed by atoms with Crippen LogP contribution in [-0.2, 0) is 17.6 Å². The fourth-order valence-corrected chi connectivity index (χ4v) is 6.34. The van der Waals surface area contributed by atoms with Crippen LogP contribution in [0.25, 0.3) is 6.08 Å². The predicted molar refractivity (Wildman–Crippen MR) is 138 cm³/mol. The predicted octanol–water partition coefficient (Wildman–Crippen LogP) is 5.21. The Kier molecular flexibility index (Phi) is 8.73. The van der Waals surface area contributed by atoms with Gasteiger partial charge < -0.3 is 16.0 Å². The average Bonchev–Trinajstić information content (AvgIpc) is 3.21. The zero-order valence-corrected chi connectivity index (χ0v) is 21.0. The Morgan fingerprint density at radius 2 is 1.97 bits per heavy atom. The molecule has 1 heterocycles. The van der Waals surface area contributed by atoms with Gasteiger partial charge in [0.2, 0.25) is 5.91 Å². The van der Waals surface area contributed by atoms with Crippen molar-refractivity contribution in [1.29, 1.82) is 0 Å². The molecule has 0 bridgehead atoms. The van der Waals surface area contributed by atoms with Crippen LogP contribution in [0.4, 0.5) is 9.52 Å². The van der Waals surface area contributed by atoms with Crippen LogP contribution in [0.2, 0.25) is 0 Å². The van der Waals surface area contributed by atoms with E-state index in [1.165, 1.54) is 54.8 Å². The summed E-state index contributed by atoms with van der Waals surface area (Å²) in [6, 6.07) is 7.01. The molecular formula is C27H37FN4OS. The average molecular weight is 485 g/mol. The lowest BCUT2D eigenvalue weighted by Gasteiger charge is -2.36. The van der Waals surface area contributed by atoms with E-state index in [0.717, 1.165) is 50.3 Å². The normalized spacial score (nSPS) is 22.7. The van der Waals surface area contributed by atoms with Gasteiger partial charge in [-0.1, -0.05) is 19.1 Å². The van der Waals surface area contributed by atoms with Gasteiger partial charge in [-0.05, 0) is 101 Å². The maximum absolute atomic E-state index is 13.0. The summed E-state index contributed by atoms with van der Waals surface area (Å²) in [7, 11) is 0. The number of carbonyl (C=O) groups excluding carboxylic acids is 1. The molecule has 5 nitrogen and oxygen atoms in total. The van der Waals surface area contributed by atoms with Crippen LogP contribution in [-0.4, -0.2) is 41.0 Å². The monoisotopic (exact) mass is 484 g/mol. The van der Waals surface area contributed by atoms with E-state index in [-0.39, 0.29) is 17.8 Å². The number of anilines is 1. The van der Waals surface area contributed by atoms with Crippen LogP contribution in [0.1, 0.15) is 68.0 Å². The van der Waals surface area contributed by atoms with Crippen molar-refractivity contribution < 1.29 is 9.18 Å². The van der Waals surface area contributed by atoms with E-state index in [0.29, 0.717) is 11.2 Å². The van der Waals surface area contributed by atoms with Crippen LogP contribution in [0, 0.1) is 11.7 Å². The lowest BCUT2D eigenvalue weighted by atomic mass is 9.83. The minimum atomic E-state index is -0.269. The Balaban J connectivity index is 1.19. The first-order chi connectivity index (χ1) is 16.5. The molecule has 7 heteroatoms. The Hall–Kier alpha value is -2.25. The van der Waals surface area contributed by atoms with E-state index >= 15 is 0 Å². The minimum absolute atomic E-state index is 0.0673. The lowest BCUT2D eigenvalue weighted by Crippen LogP contribution is -2.41. The third-order valence-electron chi connectivity index (χ3n) is 7.27. The van der Waals surface area contributed by atoms with E-state index < -0.39 is 0 Å². The number of nitrogens with two attached hydrogens (primary N) is 1. The number of thiazole rings is 1. The summed E-state index contributed by atoms with van der Waals surface area (Å²) in [5.41, 5.74) is 7.98. The number of amides is 1. The molecule has 1 saturated carbocycles. The number of aromatic nitrogens is 1. The van der Waals surface area contributed by atoms with Crippen LogP contribution in [0.5, 0.6) is 0 Å². The van der Waals surface area contributed by atoms with Gasteiger partial charge in [-0.15, -0.1) is 11.3 Å². The molecule has 1 fully saturated rings. The topological polar surface area (TPSA) is 71.2 Å². The zero-order valence-electron chi connectivity index (χ0n) is 20.1. The highest BCUT2D eigenvalue weighted by molar-refractivity contribution is 7.15. The van der Waals surface area contributed by atoms with Crippen molar-refractivity contribution in [3.63, 3.8) is 0 Å². The van der Waals surface area contributed by atoms with Gasteiger partial charge in [0.1, 0.15) is 5.82 Å². The Morgan fingerprint density at radius 1 is 1.21 bits per heavy atom. The summed E-state index contributed by atoms with van der Waals surface area (Å²) >= 11 is 1.67. The standard InChI is InChI=1S/C27H37FN4OS/c1-2-16-32(23-12-13-24-25(18-23)34-27(29)31-24)17-15-20-5-10-22(11-6-20)30-26(33)14-7-19-3-8-21(28)9-4-19/h3-4,7-9,14,20,22-23H,2,5-6,10-13,15-18H2,1H3,(H2,29,31)(H,30,33)/b14-7+. The molecular weight excluding hydrogens is 447 g/mol. The molecule has 2 aliphatic rings. The molecule has 184 valence electrons. The van der Waals surface area contributed by atoms with Gasteiger partial charge >= 0.3 is 0 Å². The summed E-state index contributed by atoms with van der Waals surface area (Å²) in [6.45, 7) is 4.58. The highest BCUT2D eigenvalue weighted by atomic mass is 32.1. The maximum Gasteiger partial charge on any atom is 0.244 e. The third kappa shape index (κ3) is 6.89. The molecule has 34 heavy (non-hydrogen) atoms. The zero-order chi connectivity index (χ0) is 23.9. The van der Waals surface area contributed by atoms with Crippen LogP contribution in [0.3, 0.4) is 0 Å². The van der Waals surface area contributed by atoms with Gasteiger partial charge in [-0.25, -0.2) is 9.37 Å². The first kappa shape index (κ1) is 24.9. The van der Waals surface area contributed by atoms with Gasteiger partial charge in [-0.3, -0.25) is 4.79 Å². The van der Waals surface area contributed by atoms with Crippen LogP contribution in [0.15, 0.2) is 30.3 Å². The number of halogens is 1. The molecule has 2 aliphatic carbocycles. The van der Waals surface area contributed by atoms with Crippen molar-refractivity contribution in [2.75, 3.05) is 18.8 Å². The summed E-state index contributed by atoms with van der Waals surface area (Å²) in [5.74, 6) is 0.400. The maximum atomic E-state index is 13.0.